The molecule has 0 radical (unpaired) electrons. The highest BCUT2D eigenvalue weighted by Crippen LogP contribution is 2.36. The number of ether oxygens (including phenoxy) is 1. The molecule has 2 amide bonds. The molecule has 0 aliphatic rings. The highest BCUT2D eigenvalue weighted by atomic mass is 35.5. The third-order valence-electron chi connectivity index (χ3n) is 4.58. The predicted molar refractivity (Wildman–Crippen MR) is 121 cm³/mol. The number of carbonyl (C=O) groups is 1. The van der Waals surface area contributed by atoms with Gasteiger partial charge in [0.1, 0.15) is 11.5 Å². The number of carbonyl (C=O) groups excluding carboxylic acids is 1. The summed E-state index contributed by atoms with van der Waals surface area (Å²) >= 11 is 5.59. The summed E-state index contributed by atoms with van der Waals surface area (Å²) in [7, 11) is 0. The van der Waals surface area contributed by atoms with Crippen molar-refractivity contribution in [3.05, 3.63) is 82.9 Å². The first kappa shape index (κ1) is 23.5. The smallest absolute Gasteiger partial charge is 0.417 e. The van der Waals surface area contributed by atoms with Gasteiger partial charge >= 0.3 is 12.2 Å². The van der Waals surface area contributed by atoms with E-state index in [0.717, 1.165) is 17.7 Å². The van der Waals surface area contributed by atoms with Crippen LogP contribution < -0.4 is 15.4 Å². The zero-order valence-electron chi connectivity index (χ0n) is 17.7. The van der Waals surface area contributed by atoms with Crippen LogP contribution in [0.4, 0.5) is 29.3 Å². The fourth-order valence-electron chi connectivity index (χ4n) is 2.88. The van der Waals surface area contributed by atoms with Gasteiger partial charge in [-0.3, -0.25) is 0 Å². The molecular formula is C24H22ClF3N2O2. The van der Waals surface area contributed by atoms with Crippen LogP contribution in [0.15, 0.2) is 66.7 Å². The number of anilines is 2. The number of halogens is 4. The van der Waals surface area contributed by atoms with Gasteiger partial charge in [-0.2, -0.15) is 13.2 Å². The molecule has 0 aliphatic heterocycles. The molecule has 0 fully saturated rings. The number of hydrogen-bond donors (Lipinski definition) is 2. The number of urea groups is 1. The summed E-state index contributed by atoms with van der Waals surface area (Å²) in [6, 6.07) is 16.9. The molecule has 0 unspecified atom stereocenters. The van der Waals surface area contributed by atoms with Gasteiger partial charge in [0.05, 0.1) is 10.6 Å². The van der Waals surface area contributed by atoms with Crippen LogP contribution in [0.25, 0.3) is 0 Å². The van der Waals surface area contributed by atoms with Gasteiger partial charge in [-0.25, -0.2) is 4.79 Å². The summed E-state index contributed by atoms with van der Waals surface area (Å²) in [5, 5.41) is 4.49. The van der Waals surface area contributed by atoms with Crippen molar-refractivity contribution in [3.8, 4) is 11.5 Å². The van der Waals surface area contributed by atoms with Crippen LogP contribution in [-0.4, -0.2) is 6.03 Å². The topological polar surface area (TPSA) is 50.4 Å². The van der Waals surface area contributed by atoms with Crippen molar-refractivity contribution >= 4 is 29.0 Å². The van der Waals surface area contributed by atoms with Gasteiger partial charge in [0.2, 0.25) is 0 Å². The van der Waals surface area contributed by atoms with E-state index in [1.54, 1.807) is 24.3 Å². The van der Waals surface area contributed by atoms with Gasteiger partial charge in [-0.1, -0.05) is 44.5 Å². The Kier molecular flexibility index (Phi) is 6.69. The van der Waals surface area contributed by atoms with Crippen molar-refractivity contribution in [2.75, 3.05) is 10.6 Å². The van der Waals surface area contributed by atoms with E-state index in [-0.39, 0.29) is 11.1 Å². The monoisotopic (exact) mass is 462 g/mol. The molecule has 3 rings (SSSR count). The molecule has 0 saturated heterocycles. The Morgan fingerprint density at radius 2 is 1.47 bits per heavy atom. The average Bonchev–Trinajstić information content (AvgIpc) is 2.70. The van der Waals surface area contributed by atoms with E-state index in [1.165, 1.54) is 6.07 Å². The summed E-state index contributed by atoms with van der Waals surface area (Å²) in [5.41, 5.74) is 0.530. The minimum Gasteiger partial charge on any atom is -0.457 e. The lowest BCUT2D eigenvalue weighted by atomic mass is 9.87. The molecule has 0 aliphatic carbocycles. The van der Waals surface area contributed by atoms with Crippen molar-refractivity contribution in [1.82, 2.24) is 0 Å². The Morgan fingerprint density at radius 1 is 0.844 bits per heavy atom. The SMILES string of the molecule is CC(C)(C)c1cccc(Oc2ccc(NC(=O)Nc3ccc(Cl)c(C(F)(F)F)c3)cc2)c1. The second-order valence-electron chi connectivity index (χ2n) is 8.18. The van der Waals surface area contributed by atoms with Crippen LogP contribution >= 0.6 is 11.6 Å². The zero-order chi connectivity index (χ0) is 23.5. The van der Waals surface area contributed by atoms with Crippen LogP contribution in [0, 0.1) is 0 Å². The molecule has 3 aromatic rings. The van der Waals surface area contributed by atoms with Crippen molar-refractivity contribution in [3.63, 3.8) is 0 Å². The maximum Gasteiger partial charge on any atom is 0.417 e. The summed E-state index contributed by atoms with van der Waals surface area (Å²) in [6.45, 7) is 6.35. The highest BCUT2D eigenvalue weighted by molar-refractivity contribution is 6.31. The van der Waals surface area contributed by atoms with Crippen molar-refractivity contribution < 1.29 is 22.7 Å². The predicted octanol–water partition coefficient (Wildman–Crippen LogP) is 8.09. The summed E-state index contributed by atoms with van der Waals surface area (Å²) in [5.74, 6) is 1.27. The van der Waals surface area contributed by atoms with Gasteiger partial charge in [0.15, 0.2) is 0 Å². The van der Waals surface area contributed by atoms with Gasteiger partial charge in [0, 0.05) is 11.4 Å². The Bertz CT molecular complexity index is 1110. The second kappa shape index (κ2) is 9.12. The van der Waals surface area contributed by atoms with Crippen molar-refractivity contribution in [2.24, 2.45) is 0 Å². The fraction of sp³-hybridized carbons (Fsp3) is 0.208. The third-order valence-corrected chi connectivity index (χ3v) is 4.91. The molecule has 0 aromatic heterocycles. The lowest BCUT2D eigenvalue weighted by molar-refractivity contribution is -0.137. The van der Waals surface area contributed by atoms with E-state index < -0.39 is 22.8 Å². The fourth-order valence-corrected chi connectivity index (χ4v) is 3.11. The molecule has 0 bridgehead atoms. The molecule has 2 N–H and O–H groups in total. The van der Waals surface area contributed by atoms with E-state index in [4.69, 9.17) is 16.3 Å². The third kappa shape index (κ3) is 6.17. The Hall–Kier alpha value is -3.19. The molecule has 3 aromatic carbocycles. The molecule has 0 atom stereocenters. The molecule has 8 heteroatoms. The number of rotatable bonds is 4. The first-order chi connectivity index (χ1) is 14.9. The summed E-state index contributed by atoms with van der Waals surface area (Å²) in [4.78, 5) is 12.2. The van der Waals surface area contributed by atoms with Gasteiger partial charge in [-0.15, -0.1) is 0 Å². The summed E-state index contributed by atoms with van der Waals surface area (Å²) < 4.78 is 44.8. The minimum atomic E-state index is -4.62. The molecule has 4 nitrogen and oxygen atoms in total. The van der Waals surface area contributed by atoms with Crippen LogP contribution in [0.2, 0.25) is 5.02 Å². The van der Waals surface area contributed by atoms with Crippen molar-refractivity contribution in [1.29, 1.82) is 0 Å². The van der Waals surface area contributed by atoms with Gasteiger partial charge < -0.3 is 15.4 Å². The maximum atomic E-state index is 13.0. The van der Waals surface area contributed by atoms with Crippen LogP contribution in [-0.2, 0) is 11.6 Å². The molecule has 0 heterocycles. The molecule has 0 saturated carbocycles. The average molecular weight is 463 g/mol. The van der Waals surface area contributed by atoms with E-state index in [1.807, 2.05) is 24.3 Å². The normalized spacial score (nSPS) is 11.7. The lowest BCUT2D eigenvalue weighted by Gasteiger charge is -2.19. The number of alkyl halides is 3. The molecule has 168 valence electrons. The van der Waals surface area contributed by atoms with Crippen LogP contribution in [0.5, 0.6) is 11.5 Å². The Labute approximate surface area is 189 Å². The lowest BCUT2D eigenvalue weighted by Crippen LogP contribution is -2.19. The highest BCUT2D eigenvalue weighted by Gasteiger charge is 2.33. The Balaban J connectivity index is 1.63. The first-order valence-electron chi connectivity index (χ1n) is 9.75. The quantitative estimate of drug-likeness (QED) is 0.411. The van der Waals surface area contributed by atoms with Crippen LogP contribution in [0.3, 0.4) is 0 Å². The largest absolute Gasteiger partial charge is 0.457 e. The van der Waals surface area contributed by atoms with E-state index in [2.05, 4.69) is 31.4 Å². The first-order valence-corrected chi connectivity index (χ1v) is 10.1. The van der Waals surface area contributed by atoms with Gasteiger partial charge in [-0.05, 0) is 65.6 Å². The number of benzene rings is 3. The zero-order valence-corrected chi connectivity index (χ0v) is 18.4. The molecule has 0 spiro atoms. The van der Waals surface area contributed by atoms with Crippen molar-refractivity contribution in [2.45, 2.75) is 32.4 Å². The Morgan fingerprint density at radius 3 is 2.09 bits per heavy atom. The summed E-state index contributed by atoms with van der Waals surface area (Å²) in [6.07, 6.45) is -4.62. The standard InChI is InChI=1S/C24H22ClF3N2O2/c1-23(2,3)15-5-4-6-19(13-15)32-18-10-7-16(8-11-18)29-22(31)30-17-9-12-21(25)20(14-17)24(26,27)28/h4-14H,1-3H3,(H2,29,30,31). The molecule has 32 heavy (non-hydrogen) atoms. The minimum absolute atomic E-state index is 0.00847. The van der Waals surface area contributed by atoms with Gasteiger partial charge in [0.25, 0.3) is 0 Å². The number of hydrogen-bond acceptors (Lipinski definition) is 2. The molecular weight excluding hydrogens is 441 g/mol. The van der Waals surface area contributed by atoms with E-state index in [0.29, 0.717) is 17.2 Å². The second-order valence-corrected chi connectivity index (χ2v) is 8.58. The maximum absolute atomic E-state index is 13.0. The number of amides is 2. The van der Waals surface area contributed by atoms with E-state index in [9.17, 15) is 18.0 Å². The van der Waals surface area contributed by atoms with E-state index >= 15 is 0 Å². The van der Waals surface area contributed by atoms with Crippen LogP contribution in [0.1, 0.15) is 31.9 Å². The number of nitrogens with one attached hydrogen (secondary N) is 2.